The van der Waals surface area contributed by atoms with Crippen LogP contribution in [-0.4, -0.2) is 24.2 Å². The Labute approximate surface area is 90.2 Å². The molecule has 0 saturated heterocycles. The van der Waals surface area contributed by atoms with Crippen LogP contribution in [0.4, 0.5) is 0 Å². The van der Waals surface area contributed by atoms with Crippen molar-refractivity contribution in [1.82, 2.24) is 10.3 Å². The summed E-state index contributed by atoms with van der Waals surface area (Å²) in [5.41, 5.74) is 1.07. The molecule has 1 aromatic heterocycles. The van der Waals surface area contributed by atoms with Gasteiger partial charge in [-0.25, -0.2) is 0 Å². The number of pyridine rings is 1. The molecule has 0 amide bonds. The van der Waals surface area contributed by atoms with Crippen molar-refractivity contribution in [3.05, 3.63) is 36.7 Å². The lowest BCUT2D eigenvalue weighted by Crippen LogP contribution is -2.27. The van der Waals surface area contributed by atoms with Gasteiger partial charge in [-0.05, 0) is 19.1 Å². The first-order chi connectivity index (χ1) is 7.33. The zero-order valence-electron chi connectivity index (χ0n) is 8.94. The molecular weight excluding hydrogens is 188 g/mol. The van der Waals surface area contributed by atoms with Crippen molar-refractivity contribution in [3.8, 4) is 5.75 Å². The number of ether oxygens (including phenoxy) is 1. The van der Waals surface area contributed by atoms with E-state index in [9.17, 15) is 0 Å². The Kier molecular flexibility index (Phi) is 3.02. The van der Waals surface area contributed by atoms with E-state index in [1.54, 1.807) is 0 Å². The first-order valence-electron chi connectivity index (χ1n) is 5.26. The fourth-order valence-electron chi connectivity index (χ4n) is 1.89. The van der Waals surface area contributed by atoms with Crippen LogP contribution in [0.3, 0.4) is 0 Å². The minimum atomic E-state index is 0.201. The second kappa shape index (κ2) is 4.45. The number of nitrogens with zero attached hydrogens (tertiary/aromatic N) is 1. The SMILES string of the molecule is C=CCNC[C@H]1c2ncccc2O[C@@H]1C. The Hall–Kier alpha value is -1.35. The third kappa shape index (κ3) is 2.02. The highest BCUT2D eigenvalue weighted by atomic mass is 16.5. The number of hydrogen-bond acceptors (Lipinski definition) is 3. The smallest absolute Gasteiger partial charge is 0.141 e. The predicted molar refractivity (Wildman–Crippen MR) is 60.1 cm³/mol. The summed E-state index contributed by atoms with van der Waals surface area (Å²) in [5.74, 6) is 1.27. The van der Waals surface area contributed by atoms with Crippen molar-refractivity contribution < 1.29 is 4.74 Å². The molecule has 0 fully saturated rings. The molecule has 3 nitrogen and oxygen atoms in total. The topological polar surface area (TPSA) is 34.2 Å². The van der Waals surface area contributed by atoms with Gasteiger partial charge in [0.05, 0.1) is 11.6 Å². The Morgan fingerprint density at radius 1 is 1.67 bits per heavy atom. The highest BCUT2D eigenvalue weighted by Crippen LogP contribution is 2.35. The Morgan fingerprint density at radius 3 is 3.33 bits per heavy atom. The molecule has 0 aliphatic carbocycles. The fourth-order valence-corrected chi connectivity index (χ4v) is 1.89. The molecule has 0 unspecified atom stereocenters. The van der Waals surface area contributed by atoms with Gasteiger partial charge < -0.3 is 10.1 Å². The maximum absolute atomic E-state index is 5.72. The number of aromatic nitrogens is 1. The van der Waals surface area contributed by atoms with Crippen molar-refractivity contribution in [2.24, 2.45) is 0 Å². The minimum absolute atomic E-state index is 0.201. The van der Waals surface area contributed by atoms with Crippen LogP contribution < -0.4 is 10.1 Å². The van der Waals surface area contributed by atoms with Crippen molar-refractivity contribution >= 4 is 0 Å². The van der Waals surface area contributed by atoms with E-state index in [0.717, 1.165) is 24.5 Å². The maximum atomic E-state index is 5.72. The Morgan fingerprint density at radius 2 is 2.53 bits per heavy atom. The van der Waals surface area contributed by atoms with Crippen LogP contribution in [0.1, 0.15) is 18.5 Å². The molecule has 0 radical (unpaired) electrons. The summed E-state index contributed by atoms with van der Waals surface area (Å²) in [5, 5.41) is 3.31. The van der Waals surface area contributed by atoms with Gasteiger partial charge in [0, 0.05) is 19.3 Å². The molecule has 15 heavy (non-hydrogen) atoms. The van der Waals surface area contributed by atoms with Gasteiger partial charge >= 0.3 is 0 Å². The summed E-state index contributed by atoms with van der Waals surface area (Å²) < 4.78 is 5.72. The van der Waals surface area contributed by atoms with Gasteiger partial charge in [-0.3, -0.25) is 4.98 Å². The number of fused-ring (bicyclic) bond motifs is 1. The lowest BCUT2D eigenvalue weighted by molar-refractivity contribution is 0.224. The second-order valence-corrected chi connectivity index (χ2v) is 3.76. The van der Waals surface area contributed by atoms with Gasteiger partial charge in [0.2, 0.25) is 0 Å². The molecule has 1 aromatic rings. The molecule has 1 aliphatic heterocycles. The summed E-state index contributed by atoms with van der Waals surface area (Å²) in [6.45, 7) is 7.47. The van der Waals surface area contributed by atoms with Crippen LogP contribution in [0.25, 0.3) is 0 Å². The van der Waals surface area contributed by atoms with E-state index >= 15 is 0 Å². The molecule has 0 saturated carbocycles. The average molecular weight is 204 g/mol. The van der Waals surface area contributed by atoms with Crippen molar-refractivity contribution in [2.75, 3.05) is 13.1 Å². The number of rotatable bonds is 4. The van der Waals surface area contributed by atoms with E-state index in [1.165, 1.54) is 0 Å². The van der Waals surface area contributed by atoms with Crippen molar-refractivity contribution in [3.63, 3.8) is 0 Å². The highest BCUT2D eigenvalue weighted by molar-refractivity contribution is 5.35. The lowest BCUT2D eigenvalue weighted by atomic mass is 10.0. The summed E-state index contributed by atoms with van der Waals surface area (Å²) in [4.78, 5) is 4.38. The number of hydrogen-bond donors (Lipinski definition) is 1. The van der Waals surface area contributed by atoms with Gasteiger partial charge in [-0.15, -0.1) is 6.58 Å². The normalized spacial score (nSPS) is 23.3. The van der Waals surface area contributed by atoms with Gasteiger partial charge in [0.15, 0.2) is 0 Å². The first-order valence-corrected chi connectivity index (χ1v) is 5.26. The Bertz CT molecular complexity index is 351. The van der Waals surface area contributed by atoms with E-state index in [0.29, 0.717) is 5.92 Å². The molecule has 80 valence electrons. The molecular formula is C12H16N2O. The standard InChI is InChI=1S/C12H16N2O/c1-3-6-13-8-10-9(2)15-11-5-4-7-14-12(10)11/h3-5,7,9-10,13H,1,6,8H2,2H3/t9-,10-/m1/s1. The average Bonchev–Trinajstić information content (AvgIpc) is 2.56. The molecule has 1 N–H and O–H groups in total. The van der Waals surface area contributed by atoms with Crippen LogP contribution in [0.2, 0.25) is 0 Å². The third-order valence-corrected chi connectivity index (χ3v) is 2.68. The Balaban J connectivity index is 2.08. The van der Waals surface area contributed by atoms with Gasteiger partial charge in [-0.1, -0.05) is 6.08 Å². The van der Waals surface area contributed by atoms with E-state index < -0.39 is 0 Å². The molecule has 0 bridgehead atoms. The van der Waals surface area contributed by atoms with Gasteiger partial charge in [0.1, 0.15) is 11.9 Å². The van der Waals surface area contributed by atoms with Crippen LogP contribution in [0.5, 0.6) is 5.75 Å². The minimum Gasteiger partial charge on any atom is -0.488 e. The third-order valence-electron chi connectivity index (χ3n) is 2.68. The van der Waals surface area contributed by atoms with Crippen LogP contribution >= 0.6 is 0 Å². The summed E-state index contributed by atoms with van der Waals surface area (Å²) in [6, 6.07) is 3.89. The zero-order chi connectivity index (χ0) is 10.7. The highest BCUT2D eigenvalue weighted by Gasteiger charge is 2.31. The monoisotopic (exact) mass is 204 g/mol. The van der Waals surface area contributed by atoms with Gasteiger partial charge in [-0.2, -0.15) is 0 Å². The molecule has 0 spiro atoms. The molecule has 0 aromatic carbocycles. The van der Waals surface area contributed by atoms with Crippen molar-refractivity contribution in [2.45, 2.75) is 18.9 Å². The van der Waals surface area contributed by atoms with E-state index in [1.807, 2.05) is 24.4 Å². The molecule has 3 heteroatoms. The summed E-state index contributed by atoms with van der Waals surface area (Å²) >= 11 is 0. The predicted octanol–water partition coefficient (Wildman–Crippen LogP) is 1.72. The summed E-state index contributed by atoms with van der Waals surface area (Å²) in [6.07, 6.45) is 3.88. The maximum Gasteiger partial charge on any atom is 0.141 e. The van der Waals surface area contributed by atoms with Crippen LogP contribution in [0, 0.1) is 0 Å². The summed E-state index contributed by atoms with van der Waals surface area (Å²) in [7, 11) is 0. The quantitative estimate of drug-likeness (QED) is 0.599. The molecule has 1 aliphatic rings. The molecule has 2 heterocycles. The largest absolute Gasteiger partial charge is 0.488 e. The fraction of sp³-hybridized carbons (Fsp3) is 0.417. The van der Waals surface area contributed by atoms with E-state index in [-0.39, 0.29) is 6.10 Å². The second-order valence-electron chi connectivity index (χ2n) is 3.76. The molecule has 2 atom stereocenters. The number of nitrogens with one attached hydrogen (secondary N) is 1. The van der Waals surface area contributed by atoms with E-state index in [2.05, 4.69) is 23.8 Å². The van der Waals surface area contributed by atoms with E-state index in [4.69, 9.17) is 4.74 Å². The van der Waals surface area contributed by atoms with Crippen LogP contribution in [0.15, 0.2) is 31.0 Å². The lowest BCUT2D eigenvalue weighted by Gasteiger charge is -2.13. The first kappa shape index (κ1) is 10.2. The van der Waals surface area contributed by atoms with Crippen LogP contribution in [-0.2, 0) is 0 Å². The zero-order valence-corrected chi connectivity index (χ0v) is 8.94. The molecule has 2 rings (SSSR count). The van der Waals surface area contributed by atoms with Crippen molar-refractivity contribution in [1.29, 1.82) is 0 Å². The van der Waals surface area contributed by atoms with Gasteiger partial charge in [0.25, 0.3) is 0 Å².